The largest absolute Gasteiger partial charge is 0.465 e. The van der Waals surface area contributed by atoms with Crippen molar-refractivity contribution in [2.45, 2.75) is 220 Å². The minimum Gasteiger partial charge on any atom is -0.465 e. The number of ether oxygens (including phenoxy) is 5. The third-order valence-corrected chi connectivity index (χ3v) is 11.3. The first-order valence-electron chi connectivity index (χ1n) is 25.9. The Kier molecular flexibility index (Phi) is 39.1. The van der Waals surface area contributed by atoms with E-state index in [2.05, 4.69) is 81.2 Å². The molecule has 0 aliphatic carbocycles. The van der Waals surface area contributed by atoms with Crippen molar-refractivity contribution >= 4 is 29.8 Å². The van der Waals surface area contributed by atoms with Gasteiger partial charge in [0, 0.05) is 32.1 Å². The number of likely N-dealkylation sites (tertiary alicyclic amines) is 1. The maximum absolute atomic E-state index is 12.8. The lowest BCUT2D eigenvalue weighted by Crippen LogP contribution is -2.27. The average Bonchev–Trinajstić information content (AvgIpc) is 3.82. The number of allylic oxidation sites excluding steroid dienone is 8. The lowest BCUT2D eigenvalue weighted by molar-refractivity contribution is -0.155. The number of hydrogen-bond acceptors (Lipinski definition) is 11. The van der Waals surface area contributed by atoms with E-state index in [-0.39, 0.29) is 82.0 Å². The molecule has 0 unspecified atom stereocenters. The summed E-state index contributed by atoms with van der Waals surface area (Å²) >= 11 is 0. The van der Waals surface area contributed by atoms with Gasteiger partial charge in [-0.05, 0) is 167 Å². The van der Waals surface area contributed by atoms with Crippen molar-refractivity contribution in [2.75, 3.05) is 39.5 Å². The summed E-state index contributed by atoms with van der Waals surface area (Å²) in [6, 6.07) is 0. The Morgan fingerprint density at radius 2 is 0.723 bits per heavy atom. The molecule has 1 aliphatic rings. The maximum Gasteiger partial charge on any atom is 0.306 e. The number of unbranched alkanes of at least 4 members (excludes halogenated alkanes) is 6. The van der Waals surface area contributed by atoms with Crippen LogP contribution in [0.1, 0.15) is 207 Å². The number of carbonyl (C=O) groups excluding carboxylic acids is 5. The predicted molar refractivity (Wildman–Crippen MR) is 261 cm³/mol. The third kappa shape index (κ3) is 37.1. The van der Waals surface area contributed by atoms with Crippen LogP contribution < -0.4 is 0 Å². The van der Waals surface area contributed by atoms with Gasteiger partial charge in [-0.15, -0.1) is 0 Å². The summed E-state index contributed by atoms with van der Waals surface area (Å²) in [7, 11) is 0. The van der Waals surface area contributed by atoms with Crippen molar-refractivity contribution in [3.8, 4) is 0 Å². The van der Waals surface area contributed by atoms with Crippen LogP contribution in [0, 0.1) is 5.92 Å². The second-order valence-electron chi connectivity index (χ2n) is 17.4. The molecule has 1 fully saturated rings. The van der Waals surface area contributed by atoms with E-state index >= 15 is 0 Å². The zero-order chi connectivity index (χ0) is 47.4. The average molecular weight is 914 g/mol. The molecule has 0 atom stereocenters. The standard InChI is InChI=1S/C54H91NO10/c1-5-9-13-17-21-32-48(33-22-18-14-10-6-2)64-53(59)38-27-25-36-50(56)61-44-47(46-63-52(58)40-31-43-55-41-29-30-42-55)45-62-51(57)37-26-28-39-54(60)65-49(34-23-19-15-11-7-3)35-24-20-16-12-8-4/h9-16,47-49H,5-8,17-46H2,1-4H3/b13-9-,14-10-,15-11-,16-12-. The van der Waals surface area contributed by atoms with Crippen molar-refractivity contribution in [1.82, 2.24) is 4.90 Å². The molecule has 1 heterocycles. The summed E-state index contributed by atoms with van der Waals surface area (Å²) in [5.41, 5.74) is 0. The van der Waals surface area contributed by atoms with Gasteiger partial charge in [0.15, 0.2) is 0 Å². The molecule has 1 saturated heterocycles. The van der Waals surface area contributed by atoms with Gasteiger partial charge in [-0.1, -0.05) is 76.3 Å². The van der Waals surface area contributed by atoms with Crippen molar-refractivity contribution in [3.63, 3.8) is 0 Å². The third-order valence-electron chi connectivity index (χ3n) is 11.3. The molecule has 0 aromatic rings. The normalized spacial score (nSPS) is 13.4. The van der Waals surface area contributed by atoms with Crippen LogP contribution in [0.3, 0.4) is 0 Å². The van der Waals surface area contributed by atoms with Crippen LogP contribution in [-0.4, -0.2) is 86.4 Å². The highest BCUT2D eigenvalue weighted by Gasteiger charge is 2.20. The van der Waals surface area contributed by atoms with Gasteiger partial charge in [0.25, 0.3) is 0 Å². The highest BCUT2D eigenvalue weighted by atomic mass is 16.6. The molecule has 0 aromatic heterocycles. The molecule has 65 heavy (non-hydrogen) atoms. The molecule has 0 bridgehead atoms. The molecular formula is C54H91NO10. The first-order valence-corrected chi connectivity index (χ1v) is 25.9. The minimum atomic E-state index is -0.533. The molecule has 0 spiro atoms. The van der Waals surface area contributed by atoms with E-state index in [1.807, 2.05) is 0 Å². The topological polar surface area (TPSA) is 135 Å². The van der Waals surface area contributed by atoms with Gasteiger partial charge >= 0.3 is 29.8 Å². The summed E-state index contributed by atoms with van der Waals surface area (Å²) in [6.07, 6.45) is 38.4. The summed E-state index contributed by atoms with van der Waals surface area (Å²) in [5, 5.41) is 0. The first-order chi connectivity index (χ1) is 31.7. The van der Waals surface area contributed by atoms with E-state index in [0.29, 0.717) is 32.1 Å². The Labute approximate surface area is 394 Å². The van der Waals surface area contributed by atoms with Crippen LogP contribution in [-0.2, 0) is 47.7 Å². The summed E-state index contributed by atoms with van der Waals surface area (Å²) in [6.45, 7) is 11.2. The van der Waals surface area contributed by atoms with Crippen LogP contribution in [0.15, 0.2) is 48.6 Å². The fourth-order valence-corrected chi connectivity index (χ4v) is 7.53. The smallest absolute Gasteiger partial charge is 0.306 e. The quantitative estimate of drug-likeness (QED) is 0.0251. The number of esters is 5. The first kappa shape index (κ1) is 59.3. The number of nitrogens with zero attached hydrogens (tertiary/aromatic N) is 1. The van der Waals surface area contributed by atoms with Gasteiger partial charge in [0.2, 0.25) is 0 Å². The van der Waals surface area contributed by atoms with E-state index in [1.165, 1.54) is 12.8 Å². The molecular weight excluding hydrogens is 823 g/mol. The predicted octanol–water partition coefficient (Wildman–Crippen LogP) is 12.6. The van der Waals surface area contributed by atoms with Crippen LogP contribution in [0.25, 0.3) is 0 Å². The fraction of sp³-hybridized carbons (Fsp3) is 0.759. The van der Waals surface area contributed by atoms with Gasteiger partial charge < -0.3 is 28.6 Å². The number of carbonyl (C=O) groups is 5. The summed E-state index contributed by atoms with van der Waals surface area (Å²) in [5.74, 6) is -2.21. The van der Waals surface area contributed by atoms with E-state index in [4.69, 9.17) is 23.7 Å². The molecule has 0 aromatic carbocycles. The van der Waals surface area contributed by atoms with Crippen molar-refractivity contribution in [3.05, 3.63) is 48.6 Å². The van der Waals surface area contributed by atoms with Gasteiger partial charge in [-0.3, -0.25) is 24.0 Å². The van der Waals surface area contributed by atoms with E-state index < -0.39 is 17.9 Å². The van der Waals surface area contributed by atoms with Crippen LogP contribution >= 0.6 is 0 Å². The zero-order valence-electron chi connectivity index (χ0n) is 41.4. The van der Waals surface area contributed by atoms with Crippen molar-refractivity contribution in [1.29, 1.82) is 0 Å². The maximum atomic E-state index is 12.8. The Morgan fingerprint density at radius 1 is 0.415 bits per heavy atom. The number of rotatable bonds is 42. The van der Waals surface area contributed by atoms with E-state index in [0.717, 1.165) is 122 Å². The van der Waals surface area contributed by atoms with Crippen molar-refractivity contribution < 1.29 is 47.7 Å². The summed E-state index contributed by atoms with van der Waals surface area (Å²) in [4.78, 5) is 66.0. The molecule has 0 radical (unpaired) electrons. The van der Waals surface area contributed by atoms with E-state index in [9.17, 15) is 24.0 Å². The Bertz CT molecular complexity index is 1230. The van der Waals surface area contributed by atoms with Crippen LogP contribution in [0.5, 0.6) is 0 Å². The van der Waals surface area contributed by atoms with Gasteiger partial charge in [-0.2, -0.15) is 0 Å². The van der Waals surface area contributed by atoms with Crippen LogP contribution in [0.4, 0.5) is 0 Å². The lowest BCUT2D eigenvalue weighted by Gasteiger charge is -2.18. The fourth-order valence-electron chi connectivity index (χ4n) is 7.53. The second kappa shape index (κ2) is 42.9. The Hall–Kier alpha value is -3.73. The number of hydrogen-bond donors (Lipinski definition) is 0. The van der Waals surface area contributed by atoms with Gasteiger partial charge in [-0.25, -0.2) is 0 Å². The highest BCUT2D eigenvalue weighted by molar-refractivity contribution is 5.71. The molecule has 1 rings (SSSR count). The highest BCUT2D eigenvalue weighted by Crippen LogP contribution is 2.18. The molecule has 0 N–H and O–H groups in total. The summed E-state index contributed by atoms with van der Waals surface area (Å²) < 4.78 is 28.4. The van der Waals surface area contributed by atoms with Crippen LogP contribution in [0.2, 0.25) is 0 Å². The molecule has 0 saturated carbocycles. The lowest BCUT2D eigenvalue weighted by atomic mass is 10.0. The Morgan fingerprint density at radius 3 is 1.05 bits per heavy atom. The van der Waals surface area contributed by atoms with Gasteiger partial charge in [0.05, 0.1) is 5.92 Å². The molecule has 11 heteroatoms. The molecule has 11 nitrogen and oxygen atoms in total. The molecule has 0 amide bonds. The monoisotopic (exact) mass is 914 g/mol. The zero-order valence-corrected chi connectivity index (χ0v) is 41.4. The second-order valence-corrected chi connectivity index (χ2v) is 17.4. The SMILES string of the molecule is CC/C=C\CCCC(CCC/C=C\CC)OC(=O)CCCCC(=O)OCC(COC(=O)CCCCC(=O)OC(CCC/C=C\CC)CCC/C=C\CC)COC(=O)CCCN1CCCC1. The Balaban J connectivity index is 2.58. The van der Waals surface area contributed by atoms with Crippen molar-refractivity contribution in [2.24, 2.45) is 5.92 Å². The molecule has 372 valence electrons. The molecule has 1 aliphatic heterocycles. The van der Waals surface area contributed by atoms with E-state index in [1.54, 1.807) is 0 Å². The van der Waals surface area contributed by atoms with Gasteiger partial charge in [0.1, 0.15) is 32.0 Å². The minimum absolute atomic E-state index is 0.0450.